The summed E-state index contributed by atoms with van der Waals surface area (Å²) >= 11 is 0. The molecule has 1 fully saturated rings. The monoisotopic (exact) mass is 204 g/mol. The summed E-state index contributed by atoms with van der Waals surface area (Å²) in [7, 11) is 1.88. The molecule has 0 amide bonds. The van der Waals surface area contributed by atoms with Gasteiger partial charge in [0, 0.05) is 13.1 Å². The highest BCUT2D eigenvalue weighted by atomic mass is 15.3. The van der Waals surface area contributed by atoms with E-state index in [2.05, 4.69) is 16.5 Å². The summed E-state index contributed by atoms with van der Waals surface area (Å²) in [5.41, 5.74) is 1.49. The minimum absolute atomic E-state index is 0.520. The van der Waals surface area contributed by atoms with Crippen molar-refractivity contribution in [2.24, 2.45) is 7.05 Å². The van der Waals surface area contributed by atoms with Crippen LogP contribution < -0.4 is 5.32 Å². The van der Waals surface area contributed by atoms with Crippen molar-refractivity contribution in [2.45, 2.75) is 38.6 Å². The van der Waals surface area contributed by atoms with E-state index in [0.717, 1.165) is 11.5 Å². The van der Waals surface area contributed by atoms with Gasteiger partial charge in [0.2, 0.25) is 0 Å². The van der Waals surface area contributed by atoms with Crippen LogP contribution in [-0.2, 0) is 7.05 Å². The van der Waals surface area contributed by atoms with Crippen LogP contribution in [0, 0.1) is 18.3 Å². The standard InChI is InChI=1S/C11H16N4/c1-8-10(7-12)11(15(2)14-8)13-9-5-3-4-6-9/h9,13H,3-6H2,1-2H3. The highest BCUT2D eigenvalue weighted by Gasteiger charge is 2.19. The smallest absolute Gasteiger partial charge is 0.142 e. The number of aromatic nitrogens is 2. The SMILES string of the molecule is Cc1nn(C)c(NC2CCCC2)c1C#N. The summed E-state index contributed by atoms with van der Waals surface area (Å²) < 4.78 is 1.77. The lowest BCUT2D eigenvalue weighted by molar-refractivity contribution is 0.708. The van der Waals surface area contributed by atoms with Crippen molar-refractivity contribution in [3.8, 4) is 6.07 Å². The van der Waals surface area contributed by atoms with Crippen LogP contribution in [0.3, 0.4) is 0 Å². The van der Waals surface area contributed by atoms with Crippen LogP contribution in [-0.4, -0.2) is 15.8 Å². The second kappa shape index (κ2) is 3.93. The minimum atomic E-state index is 0.520. The van der Waals surface area contributed by atoms with E-state index in [1.54, 1.807) is 4.68 Å². The van der Waals surface area contributed by atoms with E-state index < -0.39 is 0 Å². The van der Waals surface area contributed by atoms with Gasteiger partial charge >= 0.3 is 0 Å². The fourth-order valence-corrected chi connectivity index (χ4v) is 2.22. The summed E-state index contributed by atoms with van der Waals surface area (Å²) in [6.07, 6.45) is 4.98. The van der Waals surface area contributed by atoms with Crippen LogP contribution in [0.15, 0.2) is 0 Å². The largest absolute Gasteiger partial charge is 0.366 e. The van der Waals surface area contributed by atoms with Gasteiger partial charge in [-0.3, -0.25) is 4.68 Å². The predicted molar refractivity (Wildman–Crippen MR) is 58.5 cm³/mol. The zero-order chi connectivity index (χ0) is 10.8. The van der Waals surface area contributed by atoms with E-state index >= 15 is 0 Å². The predicted octanol–water partition coefficient (Wildman–Crippen LogP) is 1.95. The first-order valence-corrected chi connectivity index (χ1v) is 5.42. The molecule has 0 atom stereocenters. The first kappa shape index (κ1) is 10.0. The van der Waals surface area contributed by atoms with Crippen LogP contribution in [0.1, 0.15) is 36.9 Å². The van der Waals surface area contributed by atoms with Crippen molar-refractivity contribution < 1.29 is 0 Å². The lowest BCUT2D eigenvalue weighted by Crippen LogP contribution is -2.17. The molecule has 1 aliphatic rings. The number of hydrogen-bond acceptors (Lipinski definition) is 3. The zero-order valence-electron chi connectivity index (χ0n) is 9.25. The lowest BCUT2D eigenvalue weighted by Gasteiger charge is -2.13. The maximum atomic E-state index is 9.04. The Labute approximate surface area is 89.9 Å². The van der Waals surface area contributed by atoms with Crippen molar-refractivity contribution in [2.75, 3.05) is 5.32 Å². The molecule has 0 bridgehead atoms. The number of aryl methyl sites for hydroxylation is 2. The summed E-state index contributed by atoms with van der Waals surface area (Å²) in [6, 6.07) is 2.73. The summed E-state index contributed by atoms with van der Waals surface area (Å²) in [5.74, 6) is 0.877. The topological polar surface area (TPSA) is 53.6 Å². The molecule has 1 aromatic heterocycles. The average Bonchev–Trinajstić information content (AvgIpc) is 2.77. The van der Waals surface area contributed by atoms with E-state index in [9.17, 15) is 0 Å². The van der Waals surface area contributed by atoms with E-state index in [0.29, 0.717) is 11.6 Å². The second-order valence-corrected chi connectivity index (χ2v) is 4.17. The molecule has 4 nitrogen and oxygen atoms in total. The van der Waals surface area contributed by atoms with Crippen LogP contribution in [0.2, 0.25) is 0 Å². The first-order chi connectivity index (χ1) is 7.22. The van der Waals surface area contributed by atoms with Gasteiger partial charge in [0.1, 0.15) is 17.5 Å². The molecular weight excluding hydrogens is 188 g/mol. The summed E-state index contributed by atoms with van der Waals surface area (Å²) in [6.45, 7) is 1.87. The van der Waals surface area contributed by atoms with Gasteiger partial charge in [-0.15, -0.1) is 0 Å². The number of rotatable bonds is 2. The maximum Gasteiger partial charge on any atom is 0.142 e. The van der Waals surface area contributed by atoms with Crippen molar-refractivity contribution in [1.82, 2.24) is 9.78 Å². The Morgan fingerprint density at radius 3 is 2.73 bits per heavy atom. The van der Waals surface area contributed by atoms with E-state index in [4.69, 9.17) is 5.26 Å². The molecule has 1 saturated carbocycles. The van der Waals surface area contributed by atoms with Crippen LogP contribution >= 0.6 is 0 Å². The fraction of sp³-hybridized carbons (Fsp3) is 0.636. The zero-order valence-corrected chi connectivity index (χ0v) is 9.25. The molecule has 0 spiro atoms. The lowest BCUT2D eigenvalue weighted by atomic mass is 10.2. The number of nitrogens with one attached hydrogen (secondary N) is 1. The van der Waals surface area contributed by atoms with Crippen LogP contribution in [0.25, 0.3) is 0 Å². The quantitative estimate of drug-likeness (QED) is 0.801. The fourth-order valence-electron chi connectivity index (χ4n) is 2.22. The van der Waals surface area contributed by atoms with Gasteiger partial charge in [-0.1, -0.05) is 12.8 Å². The van der Waals surface area contributed by atoms with E-state index in [1.807, 2.05) is 14.0 Å². The Hall–Kier alpha value is -1.50. The Morgan fingerprint density at radius 2 is 2.13 bits per heavy atom. The van der Waals surface area contributed by atoms with Gasteiger partial charge in [-0.05, 0) is 19.8 Å². The molecule has 80 valence electrons. The van der Waals surface area contributed by atoms with E-state index in [-0.39, 0.29) is 0 Å². The number of anilines is 1. The third-order valence-electron chi connectivity index (χ3n) is 3.03. The van der Waals surface area contributed by atoms with Crippen molar-refractivity contribution in [3.63, 3.8) is 0 Å². The molecule has 0 aromatic carbocycles. The van der Waals surface area contributed by atoms with Crippen molar-refractivity contribution in [3.05, 3.63) is 11.3 Å². The van der Waals surface area contributed by atoms with Crippen LogP contribution in [0.5, 0.6) is 0 Å². The third-order valence-corrected chi connectivity index (χ3v) is 3.03. The van der Waals surface area contributed by atoms with Gasteiger partial charge in [-0.2, -0.15) is 10.4 Å². The number of hydrogen-bond donors (Lipinski definition) is 1. The summed E-state index contributed by atoms with van der Waals surface area (Å²) in [5, 5.41) is 16.7. The van der Waals surface area contributed by atoms with Crippen molar-refractivity contribution in [1.29, 1.82) is 5.26 Å². The molecule has 4 heteroatoms. The Bertz CT molecular complexity index is 393. The molecule has 1 N–H and O–H groups in total. The van der Waals surface area contributed by atoms with Gasteiger partial charge < -0.3 is 5.32 Å². The van der Waals surface area contributed by atoms with Gasteiger partial charge in [-0.25, -0.2) is 0 Å². The van der Waals surface area contributed by atoms with Crippen LogP contribution in [0.4, 0.5) is 5.82 Å². The molecule has 1 heterocycles. The van der Waals surface area contributed by atoms with Gasteiger partial charge in [0.05, 0.1) is 5.69 Å². The molecule has 15 heavy (non-hydrogen) atoms. The normalized spacial score (nSPS) is 16.6. The number of nitrogens with zero attached hydrogens (tertiary/aromatic N) is 3. The maximum absolute atomic E-state index is 9.04. The molecule has 0 aliphatic heterocycles. The van der Waals surface area contributed by atoms with Crippen molar-refractivity contribution >= 4 is 5.82 Å². The highest BCUT2D eigenvalue weighted by Crippen LogP contribution is 2.25. The first-order valence-electron chi connectivity index (χ1n) is 5.42. The Kier molecular flexibility index (Phi) is 2.63. The molecule has 0 radical (unpaired) electrons. The Morgan fingerprint density at radius 1 is 1.47 bits per heavy atom. The molecule has 1 aromatic rings. The molecular formula is C11H16N4. The number of nitriles is 1. The third kappa shape index (κ3) is 1.82. The summed E-state index contributed by atoms with van der Waals surface area (Å²) in [4.78, 5) is 0. The van der Waals surface area contributed by atoms with Gasteiger partial charge in [0.25, 0.3) is 0 Å². The Balaban J connectivity index is 2.23. The van der Waals surface area contributed by atoms with Gasteiger partial charge in [0.15, 0.2) is 0 Å². The highest BCUT2D eigenvalue weighted by molar-refractivity contribution is 5.55. The minimum Gasteiger partial charge on any atom is -0.366 e. The van der Waals surface area contributed by atoms with E-state index in [1.165, 1.54) is 25.7 Å². The second-order valence-electron chi connectivity index (χ2n) is 4.17. The molecule has 2 rings (SSSR count). The molecule has 0 saturated heterocycles. The average molecular weight is 204 g/mol. The molecule has 0 unspecified atom stereocenters. The molecule has 1 aliphatic carbocycles.